The van der Waals surface area contributed by atoms with E-state index in [1.54, 1.807) is 10.7 Å². The number of rotatable bonds is 4. The predicted octanol–water partition coefficient (Wildman–Crippen LogP) is 2.91. The highest BCUT2D eigenvalue weighted by Crippen LogP contribution is 2.23. The fraction of sp³-hybridized carbons (Fsp3) is 0.500. The monoisotopic (exact) mass is 361 g/mol. The van der Waals surface area contributed by atoms with Gasteiger partial charge in [0.05, 0.1) is 10.7 Å². The van der Waals surface area contributed by atoms with Crippen molar-refractivity contribution in [2.75, 3.05) is 6.54 Å². The molecule has 0 spiro atoms. The Bertz CT molecular complexity index is 758. The third-order valence-electron chi connectivity index (χ3n) is 4.39. The Kier molecular flexibility index (Phi) is 5.39. The van der Waals surface area contributed by atoms with Crippen molar-refractivity contribution in [3.63, 3.8) is 0 Å². The van der Waals surface area contributed by atoms with Gasteiger partial charge in [-0.3, -0.25) is 4.79 Å². The molecular weight excluding hydrogens is 338 g/mol. The van der Waals surface area contributed by atoms with E-state index in [2.05, 4.69) is 27.6 Å². The average molecular weight is 362 g/mol. The van der Waals surface area contributed by atoms with Gasteiger partial charge in [0.25, 0.3) is 5.91 Å². The van der Waals surface area contributed by atoms with Crippen LogP contribution in [0, 0.1) is 0 Å². The van der Waals surface area contributed by atoms with Crippen LogP contribution in [-0.2, 0) is 0 Å². The maximum Gasteiger partial charge on any atom is 0.291 e. The van der Waals surface area contributed by atoms with Crippen molar-refractivity contribution in [2.24, 2.45) is 0 Å². The van der Waals surface area contributed by atoms with Crippen LogP contribution in [0.1, 0.15) is 56.0 Å². The summed E-state index contributed by atoms with van der Waals surface area (Å²) < 4.78 is 1.67. The summed E-state index contributed by atoms with van der Waals surface area (Å²) in [6, 6.07) is 7.99. The van der Waals surface area contributed by atoms with Crippen LogP contribution in [0.25, 0.3) is 5.69 Å². The molecule has 25 heavy (non-hydrogen) atoms. The van der Waals surface area contributed by atoms with Gasteiger partial charge in [-0.25, -0.2) is 9.67 Å². The van der Waals surface area contributed by atoms with E-state index in [0.717, 1.165) is 30.9 Å². The number of piperidine rings is 1. The molecule has 2 atom stereocenters. The molecule has 0 radical (unpaired) electrons. The zero-order chi connectivity index (χ0) is 18.0. The molecule has 3 rings (SSSR count). The van der Waals surface area contributed by atoms with Crippen LogP contribution >= 0.6 is 11.6 Å². The molecule has 0 saturated carbocycles. The van der Waals surface area contributed by atoms with E-state index >= 15 is 0 Å². The quantitative estimate of drug-likeness (QED) is 0.878. The minimum absolute atomic E-state index is 0.115. The molecule has 1 amide bonds. The number of carbonyl (C=O) groups is 1. The smallest absolute Gasteiger partial charge is 0.291 e. The number of halogens is 1. The summed E-state index contributed by atoms with van der Waals surface area (Å²) in [6.07, 6.45) is 1.83. The van der Waals surface area contributed by atoms with E-state index in [1.807, 2.05) is 32.0 Å². The van der Waals surface area contributed by atoms with E-state index in [-0.39, 0.29) is 23.7 Å². The Balaban J connectivity index is 1.86. The Labute approximate surface area is 153 Å². The fourth-order valence-corrected chi connectivity index (χ4v) is 3.32. The highest BCUT2D eigenvalue weighted by atomic mass is 35.5. The highest BCUT2D eigenvalue weighted by Gasteiger charge is 2.24. The van der Waals surface area contributed by atoms with Gasteiger partial charge in [0, 0.05) is 18.0 Å². The van der Waals surface area contributed by atoms with E-state index in [1.165, 1.54) is 0 Å². The summed E-state index contributed by atoms with van der Waals surface area (Å²) in [6.45, 7) is 7.07. The van der Waals surface area contributed by atoms with Crippen LogP contribution in [0.2, 0.25) is 5.02 Å². The molecule has 1 aromatic carbocycles. The summed E-state index contributed by atoms with van der Waals surface area (Å²) in [4.78, 5) is 17.1. The lowest BCUT2D eigenvalue weighted by Gasteiger charge is -2.28. The molecule has 0 aliphatic carbocycles. The Morgan fingerprint density at radius 2 is 2.16 bits per heavy atom. The lowest BCUT2D eigenvalue weighted by Crippen LogP contribution is -2.46. The number of hydrogen-bond donors (Lipinski definition) is 2. The van der Waals surface area contributed by atoms with Crippen molar-refractivity contribution in [1.82, 2.24) is 25.4 Å². The van der Waals surface area contributed by atoms with Crippen LogP contribution in [-0.4, -0.2) is 39.3 Å². The summed E-state index contributed by atoms with van der Waals surface area (Å²) in [5, 5.41) is 11.5. The van der Waals surface area contributed by atoms with E-state index in [0.29, 0.717) is 11.1 Å². The normalized spacial score (nSPS) is 20.7. The number of nitrogens with one attached hydrogen (secondary N) is 2. The van der Waals surface area contributed by atoms with Crippen molar-refractivity contribution in [3.8, 4) is 5.69 Å². The van der Waals surface area contributed by atoms with Gasteiger partial charge in [0.15, 0.2) is 0 Å². The second kappa shape index (κ2) is 7.54. The lowest BCUT2D eigenvalue weighted by atomic mass is 10.0. The SMILES string of the molecule is CC1CC(NC(=O)c2nc(C(C)C)n(-c3ccccc3Cl)n2)CCN1. The first-order chi connectivity index (χ1) is 12.0. The van der Waals surface area contributed by atoms with E-state index < -0.39 is 0 Å². The summed E-state index contributed by atoms with van der Waals surface area (Å²) in [5.41, 5.74) is 0.731. The summed E-state index contributed by atoms with van der Waals surface area (Å²) >= 11 is 6.30. The number of aromatic nitrogens is 3. The second-order valence-corrected chi connectivity index (χ2v) is 7.27. The van der Waals surface area contributed by atoms with Crippen LogP contribution in [0.3, 0.4) is 0 Å². The minimum Gasteiger partial charge on any atom is -0.346 e. The van der Waals surface area contributed by atoms with Gasteiger partial charge in [0.2, 0.25) is 5.82 Å². The second-order valence-electron chi connectivity index (χ2n) is 6.86. The molecule has 1 aliphatic heterocycles. The molecule has 134 valence electrons. The zero-order valence-corrected chi connectivity index (χ0v) is 15.5. The third kappa shape index (κ3) is 4.02. The third-order valence-corrected chi connectivity index (χ3v) is 4.71. The molecule has 2 aromatic rings. The molecule has 7 heteroatoms. The summed E-state index contributed by atoms with van der Waals surface area (Å²) in [5.74, 6) is 0.794. The maximum atomic E-state index is 12.6. The lowest BCUT2D eigenvalue weighted by molar-refractivity contribution is 0.0915. The number of hydrogen-bond acceptors (Lipinski definition) is 4. The molecule has 1 saturated heterocycles. The molecule has 1 aromatic heterocycles. The van der Waals surface area contributed by atoms with Gasteiger partial charge in [0.1, 0.15) is 5.82 Å². The van der Waals surface area contributed by atoms with Crippen molar-refractivity contribution in [2.45, 2.75) is 51.6 Å². The van der Waals surface area contributed by atoms with Crippen LogP contribution in [0.5, 0.6) is 0 Å². The molecule has 1 aliphatic rings. The number of nitrogens with zero attached hydrogens (tertiary/aromatic N) is 3. The Hall–Kier alpha value is -1.92. The number of carbonyl (C=O) groups excluding carboxylic acids is 1. The Morgan fingerprint density at radius 1 is 1.40 bits per heavy atom. The van der Waals surface area contributed by atoms with Crippen molar-refractivity contribution < 1.29 is 4.79 Å². The zero-order valence-electron chi connectivity index (χ0n) is 14.8. The van der Waals surface area contributed by atoms with Gasteiger partial charge < -0.3 is 10.6 Å². The van der Waals surface area contributed by atoms with Crippen LogP contribution in [0.15, 0.2) is 24.3 Å². The predicted molar refractivity (Wildman–Crippen MR) is 98.4 cm³/mol. The Morgan fingerprint density at radius 3 is 2.84 bits per heavy atom. The van der Waals surface area contributed by atoms with Gasteiger partial charge in [-0.1, -0.05) is 37.6 Å². The van der Waals surface area contributed by atoms with Gasteiger partial charge >= 0.3 is 0 Å². The largest absolute Gasteiger partial charge is 0.346 e. The molecule has 2 N–H and O–H groups in total. The molecule has 1 fully saturated rings. The van der Waals surface area contributed by atoms with Crippen molar-refractivity contribution >= 4 is 17.5 Å². The van der Waals surface area contributed by atoms with Crippen molar-refractivity contribution in [1.29, 1.82) is 0 Å². The maximum absolute atomic E-state index is 12.6. The molecule has 2 heterocycles. The standard InChI is InChI=1S/C18H24ClN5O/c1-11(2)17-22-16(18(25)21-13-8-9-20-12(3)10-13)23-24(17)15-7-5-4-6-14(15)19/h4-7,11-13,20H,8-10H2,1-3H3,(H,21,25). The van der Waals surface area contributed by atoms with Gasteiger partial charge in [-0.15, -0.1) is 5.10 Å². The van der Waals surface area contributed by atoms with Crippen molar-refractivity contribution in [3.05, 3.63) is 40.9 Å². The first-order valence-electron chi connectivity index (χ1n) is 8.71. The van der Waals surface area contributed by atoms with Gasteiger partial charge in [-0.05, 0) is 38.4 Å². The average Bonchev–Trinajstić information content (AvgIpc) is 3.01. The fourth-order valence-electron chi connectivity index (χ4n) is 3.11. The number of amides is 1. The van der Waals surface area contributed by atoms with Gasteiger partial charge in [-0.2, -0.15) is 0 Å². The molecule has 6 nitrogen and oxygen atoms in total. The number of para-hydroxylation sites is 1. The minimum atomic E-state index is -0.230. The van der Waals surface area contributed by atoms with E-state index in [9.17, 15) is 4.79 Å². The van der Waals surface area contributed by atoms with E-state index in [4.69, 9.17) is 11.6 Å². The first kappa shape index (κ1) is 17.9. The highest BCUT2D eigenvalue weighted by molar-refractivity contribution is 6.32. The van der Waals surface area contributed by atoms with Crippen LogP contribution in [0.4, 0.5) is 0 Å². The molecule has 2 unspecified atom stereocenters. The number of benzene rings is 1. The topological polar surface area (TPSA) is 71.8 Å². The molecular formula is C18H24ClN5O. The van der Waals surface area contributed by atoms with Crippen LogP contribution < -0.4 is 10.6 Å². The first-order valence-corrected chi connectivity index (χ1v) is 9.09. The molecule has 0 bridgehead atoms. The summed E-state index contributed by atoms with van der Waals surface area (Å²) in [7, 11) is 0.